The first-order valence-corrected chi connectivity index (χ1v) is 6.87. The lowest BCUT2D eigenvalue weighted by molar-refractivity contribution is -0.477. The summed E-state index contributed by atoms with van der Waals surface area (Å²) in [6.45, 7) is 3.77. The molecule has 3 nitrogen and oxygen atoms in total. The fraction of sp³-hybridized carbons (Fsp3) is 0.222. The second-order valence-electron chi connectivity index (χ2n) is 5.47. The Morgan fingerprint density at radius 3 is 2.10 bits per heavy atom. The Labute approximate surface area is 125 Å². The molecule has 0 N–H and O–H groups in total. The van der Waals surface area contributed by atoms with Crippen molar-refractivity contribution >= 4 is 5.71 Å². The van der Waals surface area contributed by atoms with Gasteiger partial charge in [0.15, 0.2) is 6.54 Å². The maximum Gasteiger partial charge on any atom is 0.214 e. The Morgan fingerprint density at radius 1 is 1.05 bits per heavy atom. The molecule has 0 unspecified atom stereocenters. The highest BCUT2D eigenvalue weighted by Gasteiger charge is 2.33. The van der Waals surface area contributed by atoms with Crippen LogP contribution in [-0.2, 0) is 6.54 Å². The lowest BCUT2D eigenvalue weighted by Gasteiger charge is -2.20. The Hall–Kier alpha value is -2.60. The van der Waals surface area contributed by atoms with Gasteiger partial charge in [-0.1, -0.05) is 48.5 Å². The number of hydroxylamine groups is 1. The van der Waals surface area contributed by atoms with Crippen molar-refractivity contribution in [2.45, 2.75) is 20.4 Å². The molecule has 21 heavy (non-hydrogen) atoms. The second-order valence-corrected chi connectivity index (χ2v) is 5.47. The standard InChI is InChI=1S/C18H18N2O/c1-18(2,14-19)17(16-11-7-4-8-12-16)20(21)13-15-9-5-3-6-10-15/h3-12H,13H2,1-2H3/b20-17+. The molecule has 0 spiro atoms. The van der Waals surface area contributed by atoms with E-state index in [9.17, 15) is 10.5 Å². The van der Waals surface area contributed by atoms with E-state index in [0.29, 0.717) is 5.71 Å². The number of hydrogen-bond acceptors (Lipinski definition) is 2. The maximum absolute atomic E-state index is 12.6. The minimum absolute atomic E-state index is 0.232. The smallest absolute Gasteiger partial charge is 0.214 e. The number of rotatable bonds is 4. The van der Waals surface area contributed by atoms with Crippen molar-refractivity contribution in [2.24, 2.45) is 5.41 Å². The summed E-state index contributed by atoms with van der Waals surface area (Å²) < 4.78 is 0.924. The number of hydrogen-bond donors (Lipinski definition) is 0. The van der Waals surface area contributed by atoms with Gasteiger partial charge in [0.2, 0.25) is 5.71 Å². The van der Waals surface area contributed by atoms with Crippen LogP contribution in [0.1, 0.15) is 25.0 Å². The molecular formula is C18H18N2O. The number of nitrogens with zero attached hydrogens (tertiary/aromatic N) is 2. The first-order valence-electron chi connectivity index (χ1n) is 6.87. The van der Waals surface area contributed by atoms with Crippen LogP contribution >= 0.6 is 0 Å². The van der Waals surface area contributed by atoms with E-state index in [1.165, 1.54) is 0 Å². The molecule has 2 rings (SSSR count). The average Bonchev–Trinajstić information content (AvgIpc) is 2.49. The van der Waals surface area contributed by atoms with Crippen molar-refractivity contribution in [1.82, 2.24) is 0 Å². The summed E-state index contributed by atoms with van der Waals surface area (Å²) in [5.74, 6) is 0. The van der Waals surface area contributed by atoms with Crippen LogP contribution in [0.15, 0.2) is 60.7 Å². The lowest BCUT2D eigenvalue weighted by Crippen LogP contribution is -2.31. The van der Waals surface area contributed by atoms with Crippen LogP contribution in [0.2, 0.25) is 0 Å². The van der Waals surface area contributed by atoms with Crippen LogP contribution in [0.3, 0.4) is 0 Å². The zero-order chi connectivity index (χ0) is 15.3. The number of nitriles is 1. The molecule has 0 aromatic heterocycles. The SMILES string of the molecule is CC(C)(C#N)/C(c1ccccc1)=[N+](/[O-])Cc1ccccc1. The summed E-state index contributed by atoms with van der Waals surface area (Å²) in [6.07, 6.45) is 0. The molecule has 2 aromatic carbocycles. The molecule has 0 heterocycles. The monoisotopic (exact) mass is 278 g/mol. The van der Waals surface area contributed by atoms with Crippen molar-refractivity contribution in [2.75, 3.05) is 0 Å². The summed E-state index contributed by atoms with van der Waals surface area (Å²) in [5, 5.41) is 22.1. The molecule has 0 saturated heterocycles. The zero-order valence-corrected chi connectivity index (χ0v) is 12.3. The molecular weight excluding hydrogens is 260 g/mol. The predicted molar refractivity (Wildman–Crippen MR) is 83.7 cm³/mol. The summed E-state index contributed by atoms with van der Waals surface area (Å²) in [7, 11) is 0. The minimum Gasteiger partial charge on any atom is -0.623 e. The topological polar surface area (TPSA) is 49.9 Å². The molecule has 0 atom stereocenters. The van der Waals surface area contributed by atoms with E-state index in [0.717, 1.165) is 15.9 Å². The van der Waals surface area contributed by atoms with Crippen LogP contribution < -0.4 is 0 Å². The highest BCUT2D eigenvalue weighted by Crippen LogP contribution is 2.22. The van der Waals surface area contributed by atoms with Gasteiger partial charge in [-0.05, 0) is 26.0 Å². The van der Waals surface area contributed by atoms with E-state index in [1.54, 1.807) is 13.8 Å². The normalized spacial score (nSPS) is 12.4. The van der Waals surface area contributed by atoms with Gasteiger partial charge in [-0.15, -0.1) is 0 Å². The third-order valence-electron chi connectivity index (χ3n) is 3.34. The van der Waals surface area contributed by atoms with Crippen molar-refractivity contribution in [3.8, 4) is 6.07 Å². The van der Waals surface area contributed by atoms with Crippen molar-refractivity contribution in [3.05, 3.63) is 77.0 Å². The number of benzene rings is 2. The fourth-order valence-electron chi connectivity index (χ4n) is 2.29. The predicted octanol–water partition coefficient (Wildman–Crippen LogP) is 3.74. The van der Waals surface area contributed by atoms with Crippen molar-refractivity contribution in [3.63, 3.8) is 0 Å². The molecule has 0 radical (unpaired) electrons. The molecule has 2 aromatic rings. The maximum atomic E-state index is 12.6. The molecule has 0 bridgehead atoms. The molecule has 0 saturated carbocycles. The van der Waals surface area contributed by atoms with Gasteiger partial charge >= 0.3 is 0 Å². The lowest BCUT2D eigenvalue weighted by atomic mass is 9.84. The van der Waals surface area contributed by atoms with Crippen molar-refractivity contribution < 1.29 is 4.74 Å². The summed E-state index contributed by atoms with van der Waals surface area (Å²) in [4.78, 5) is 0. The fourth-order valence-corrected chi connectivity index (χ4v) is 2.29. The van der Waals surface area contributed by atoms with E-state index in [4.69, 9.17) is 0 Å². The van der Waals surface area contributed by atoms with Gasteiger partial charge in [-0.25, -0.2) is 4.74 Å². The Morgan fingerprint density at radius 2 is 1.57 bits per heavy atom. The van der Waals surface area contributed by atoms with Crippen LogP contribution in [0.5, 0.6) is 0 Å². The molecule has 0 amide bonds. The van der Waals surface area contributed by atoms with Crippen LogP contribution in [0, 0.1) is 22.0 Å². The van der Waals surface area contributed by atoms with Gasteiger partial charge in [0.05, 0.1) is 6.07 Å². The van der Waals surface area contributed by atoms with Gasteiger partial charge < -0.3 is 5.21 Å². The van der Waals surface area contributed by atoms with Gasteiger partial charge in [0.25, 0.3) is 0 Å². The third-order valence-corrected chi connectivity index (χ3v) is 3.34. The summed E-state index contributed by atoms with van der Waals surface area (Å²) >= 11 is 0. The van der Waals surface area contributed by atoms with E-state index in [2.05, 4.69) is 6.07 Å². The van der Waals surface area contributed by atoms with E-state index < -0.39 is 5.41 Å². The van der Waals surface area contributed by atoms with Crippen LogP contribution in [-0.4, -0.2) is 10.5 Å². The largest absolute Gasteiger partial charge is 0.623 e. The van der Waals surface area contributed by atoms with E-state index >= 15 is 0 Å². The summed E-state index contributed by atoms with van der Waals surface area (Å²) in [5.41, 5.74) is 1.36. The molecule has 0 fully saturated rings. The summed E-state index contributed by atoms with van der Waals surface area (Å²) in [6, 6.07) is 21.1. The second kappa shape index (κ2) is 6.23. The van der Waals surface area contributed by atoms with Crippen molar-refractivity contribution in [1.29, 1.82) is 5.26 Å². The molecule has 0 aliphatic rings. The van der Waals surface area contributed by atoms with Crippen LogP contribution in [0.4, 0.5) is 0 Å². The Kier molecular flexibility index (Phi) is 4.39. The average molecular weight is 278 g/mol. The van der Waals surface area contributed by atoms with Gasteiger partial charge in [-0.3, -0.25) is 0 Å². The van der Waals surface area contributed by atoms with Gasteiger partial charge in [0.1, 0.15) is 5.41 Å². The van der Waals surface area contributed by atoms with E-state index in [-0.39, 0.29) is 6.54 Å². The van der Waals surface area contributed by atoms with Gasteiger partial charge in [0, 0.05) is 11.1 Å². The molecule has 0 aliphatic carbocycles. The minimum atomic E-state index is -0.849. The quantitative estimate of drug-likeness (QED) is 0.370. The Bertz CT molecular complexity index is 667. The zero-order valence-electron chi connectivity index (χ0n) is 12.3. The van der Waals surface area contributed by atoms with E-state index in [1.807, 2.05) is 60.7 Å². The first-order chi connectivity index (χ1) is 10.0. The highest BCUT2D eigenvalue weighted by atomic mass is 16.5. The molecule has 106 valence electrons. The molecule has 0 aliphatic heterocycles. The van der Waals surface area contributed by atoms with Crippen LogP contribution in [0.25, 0.3) is 0 Å². The molecule has 3 heteroatoms. The third kappa shape index (κ3) is 3.49. The Balaban J connectivity index is 2.49. The van der Waals surface area contributed by atoms with Gasteiger partial charge in [-0.2, -0.15) is 5.26 Å². The first kappa shape index (κ1) is 14.8. The highest BCUT2D eigenvalue weighted by molar-refractivity contribution is 6.02.